The molecule has 1 saturated heterocycles. The third-order valence-corrected chi connectivity index (χ3v) is 5.61. The Kier molecular flexibility index (Phi) is 7.09. The summed E-state index contributed by atoms with van der Waals surface area (Å²) in [5, 5.41) is 43.1. The van der Waals surface area contributed by atoms with Crippen LogP contribution in [0.3, 0.4) is 0 Å². The van der Waals surface area contributed by atoms with Crippen LogP contribution in [0.15, 0.2) is 40.3 Å². The van der Waals surface area contributed by atoms with Gasteiger partial charge in [-0.3, -0.25) is 14.2 Å². The number of hydrogen-bond donors (Lipinski definition) is 4. The molecule has 1 aromatic carbocycles. The molecule has 164 valence electrons. The van der Waals surface area contributed by atoms with Crippen LogP contribution >= 0.6 is 11.8 Å². The van der Waals surface area contributed by atoms with Crippen LogP contribution in [-0.2, 0) is 9.53 Å². The van der Waals surface area contributed by atoms with Crippen molar-refractivity contribution < 1.29 is 24.9 Å². The number of aliphatic hydroxyl groups excluding tert-OH is 3. The van der Waals surface area contributed by atoms with Gasteiger partial charge >= 0.3 is 0 Å². The summed E-state index contributed by atoms with van der Waals surface area (Å²) in [6, 6.07) is 9.35. The van der Waals surface area contributed by atoms with Gasteiger partial charge in [-0.2, -0.15) is 10.2 Å². The molecule has 2 heterocycles. The molecule has 1 amide bonds. The molecule has 0 aliphatic carbocycles. The van der Waals surface area contributed by atoms with Crippen molar-refractivity contribution in [2.75, 3.05) is 12.9 Å². The molecule has 1 aliphatic heterocycles. The zero-order valence-corrected chi connectivity index (χ0v) is 17.6. The van der Waals surface area contributed by atoms with Gasteiger partial charge in [-0.05, 0) is 11.8 Å². The number of nitriles is 1. The van der Waals surface area contributed by atoms with Gasteiger partial charge in [-0.1, -0.05) is 42.1 Å². The van der Waals surface area contributed by atoms with E-state index in [9.17, 15) is 30.2 Å². The van der Waals surface area contributed by atoms with E-state index in [1.54, 1.807) is 36.6 Å². The lowest BCUT2D eigenvalue weighted by Gasteiger charge is -2.44. The maximum Gasteiger partial charge on any atom is 0.292 e. The second-order valence-corrected chi connectivity index (χ2v) is 7.70. The van der Waals surface area contributed by atoms with Crippen molar-refractivity contribution in [3.63, 3.8) is 0 Å². The number of carbonyl (C=O) groups is 1. The van der Waals surface area contributed by atoms with Gasteiger partial charge in [-0.15, -0.1) is 0 Å². The number of aliphatic hydroxyl groups is 3. The van der Waals surface area contributed by atoms with E-state index in [2.05, 4.69) is 10.3 Å². The summed E-state index contributed by atoms with van der Waals surface area (Å²) in [6.07, 6.45) is -3.66. The molecule has 1 fully saturated rings. The van der Waals surface area contributed by atoms with Gasteiger partial charge in [0.25, 0.3) is 5.56 Å². The molecule has 10 nitrogen and oxygen atoms in total. The summed E-state index contributed by atoms with van der Waals surface area (Å²) in [4.78, 5) is 28.4. The summed E-state index contributed by atoms with van der Waals surface area (Å²) in [6.45, 7) is 0.641. The summed E-state index contributed by atoms with van der Waals surface area (Å²) in [7, 11) is 0. The number of carbonyl (C=O) groups excluding carboxylic acids is 1. The number of hydrogen-bond acceptors (Lipinski definition) is 9. The molecule has 0 radical (unpaired) electrons. The largest absolute Gasteiger partial charge is 0.394 e. The quantitative estimate of drug-likeness (QED) is 0.355. The average molecular weight is 446 g/mol. The van der Waals surface area contributed by atoms with E-state index in [1.807, 2.05) is 6.07 Å². The second kappa shape index (κ2) is 9.59. The summed E-state index contributed by atoms with van der Waals surface area (Å²) in [5.41, 5.74) is -0.267. The molecule has 0 spiro atoms. The van der Waals surface area contributed by atoms with Gasteiger partial charge in [-0.25, -0.2) is 0 Å². The molecule has 0 bridgehead atoms. The minimum Gasteiger partial charge on any atom is -0.394 e. The highest BCUT2D eigenvalue weighted by Crippen LogP contribution is 2.35. The standard InChI is InChI=1S/C20H22N4O6S/c1-10(26)22-14-17(28)16(27)13(9-25)30-19(14)24-15(11-6-4-3-5-7-11)12(8-21)18(29)23-20(24)31-2/h3-7,13-14,16-17,19,25,27-28H,9H2,1-2H3,(H,22,26)/t13-,14-,16-,17-,19-/m1/s1. The van der Waals surface area contributed by atoms with Crippen molar-refractivity contribution in [2.24, 2.45) is 0 Å². The highest BCUT2D eigenvalue weighted by molar-refractivity contribution is 7.98. The molecular weight excluding hydrogens is 424 g/mol. The maximum absolute atomic E-state index is 12.6. The SMILES string of the molecule is CSc1nc(=O)c(C#N)c(-c2ccccc2)n1[C@@H]1O[C@H](CO)[C@@H](O)[C@H](O)[C@H]1NC(C)=O. The molecule has 0 saturated carbocycles. The monoisotopic (exact) mass is 446 g/mol. The summed E-state index contributed by atoms with van der Waals surface area (Å²) >= 11 is 1.11. The summed E-state index contributed by atoms with van der Waals surface area (Å²) < 4.78 is 7.33. The van der Waals surface area contributed by atoms with Crippen molar-refractivity contribution in [1.29, 1.82) is 5.26 Å². The van der Waals surface area contributed by atoms with Crippen LogP contribution in [0.25, 0.3) is 11.3 Å². The Morgan fingerprint density at radius 3 is 2.55 bits per heavy atom. The minimum atomic E-state index is -1.50. The topological polar surface area (TPSA) is 158 Å². The van der Waals surface area contributed by atoms with Gasteiger partial charge in [0.1, 0.15) is 36.0 Å². The first kappa shape index (κ1) is 22.9. The molecular formula is C20H22N4O6S. The fourth-order valence-corrected chi connectivity index (χ4v) is 4.15. The van der Waals surface area contributed by atoms with Crippen LogP contribution in [0.4, 0.5) is 0 Å². The van der Waals surface area contributed by atoms with E-state index >= 15 is 0 Å². The highest BCUT2D eigenvalue weighted by atomic mass is 32.2. The summed E-state index contributed by atoms with van der Waals surface area (Å²) in [5.74, 6) is -0.492. The Labute approximate surface area is 182 Å². The highest BCUT2D eigenvalue weighted by Gasteiger charge is 2.46. The number of thioether (sulfide) groups is 1. The molecule has 3 rings (SSSR count). The molecule has 2 aromatic rings. The predicted octanol–water partition coefficient (Wildman–Crippen LogP) is -0.380. The van der Waals surface area contributed by atoms with Crippen LogP contribution in [-0.4, -0.2) is 68.0 Å². The minimum absolute atomic E-state index is 0.170. The average Bonchev–Trinajstić information content (AvgIpc) is 2.77. The predicted molar refractivity (Wildman–Crippen MR) is 111 cm³/mol. The molecule has 0 unspecified atom stereocenters. The Morgan fingerprint density at radius 1 is 1.32 bits per heavy atom. The fraction of sp³-hybridized carbons (Fsp3) is 0.400. The van der Waals surface area contributed by atoms with Gasteiger partial charge < -0.3 is 25.4 Å². The van der Waals surface area contributed by atoms with Crippen LogP contribution in [0.5, 0.6) is 0 Å². The number of rotatable bonds is 5. The van der Waals surface area contributed by atoms with Crippen molar-refractivity contribution in [3.05, 3.63) is 46.2 Å². The van der Waals surface area contributed by atoms with Crippen LogP contribution in [0.1, 0.15) is 18.7 Å². The van der Waals surface area contributed by atoms with Crippen LogP contribution in [0.2, 0.25) is 0 Å². The Morgan fingerprint density at radius 2 is 2.00 bits per heavy atom. The van der Waals surface area contributed by atoms with E-state index in [1.165, 1.54) is 11.5 Å². The molecule has 11 heteroatoms. The van der Waals surface area contributed by atoms with E-state index in [4.69, 9.17) is 4.74 Å². The van der Waals surface area contributed by atoms with Crippen LogP contribution < -0.4 is 10.9 Å². The van der Waals surface area contributed by atoms with Crippen molar-refractivity contribution >= 4 is 17.7 Å². The second-order valence-electron chi connectivity index (χ2n) is 6.93. The molecule has 31 heavy (non-hydrogen) atoms. The lowest BCUT2D eigenvalue weighted by molar-refractivity contribution is -0.218. The van der Waals surface area contributed by atoms with Gasteiger partial charge in [0.05, 0.1) is 12.3 Å². The number of aromatic nitrogens is 2. The number of nitrogens with zero attached hydrogens (tertiary/aromatic N) is 3. The first-order valence-corrected chi connectivity index (χ1v) is 10.6. The zero-order chi connectivity index (χ0) is 22.7. The molecule has 1 aliphatic rings. The van der Waals surface area contributed by atoms with Gasteiger partial charge in [0.2, 0.25) is 5.91 Å². The third kappa shape index (κ3) is 4.34. The normalized spacial score (nSPS) is 25.6. The lowest BCUT2D eigenvalue weighted by Crippen LogP contribution is -2.62. The lowest BCUT2D eigenvalue weighted by atomic mass is 9.95. The van der Waals surface area contributed by atoms with Crippen molar-refractivity contribution in [3.8, 4) is 17.3 Å². The molecule has 4 N–H and O–H groups in total. The van der Waals surface area contributed by atoms with E-state index in [0.717, 1.165) is 11.8 Å². The number of nitrogens with one attached hydrogen (secondary N) is 1. The van der Waals surface area contributed by atoms with E-state index in [0.29, 0.717) is 5.56 Å². The van der Waals surface area contributed by atoms with Gasteiger partial charge in [0, 0.05) is 6.92 Å². The van der Waals surface area contributed by atoms with Crippen molar-refractivity contribution in [2.45, 2.75) is 42.7 Å². The number of ether oxygens (including phenoxy) is 1. The maximum atomic E-state index is 12.6. The number of amides is 1. The smallest absolute Gasteiger partial charge is 0.292 e. The third-order valence-electron chi connectivity index (χ3n) is 4.96. The van der Waals surface area contributed by atoms with Gasteiger partial charge in [0.15, 0.2) is 11.4 Å². The zero-order valence-electron chi connectivity index (χ0n) is 16.8. The van der Waals surface area contributed by atoms with Crippen molar-refractivity contribution in [1.82, 2.24) is 14.9 Å². The number of benzene rings is 1. The Balaban J connectivity index is 2.34. The molecule has 1 aromatic heterocycles. The first-order chi connectivity index (χ1) is 14.8. The van der Waals surface area contributed by atoms with E-state index < -0.39 is 48.7 Å². The first-order valence-electron chi connectivity index (χ1n) is 9.39. The molecule has 5 atom stereocenters. The van der Waals surface area contributed by atoms with Crippen LogP contribution in [0, 0.1) is 11.3 Å². The van der Waals surface area contributed by atoms with E-state index in [-0.39, 0.29) is 16.4 Å². The Hall–Kier alpha value is -2.75. The fourth-order valence-electron chi connectivity index (χ4n) is 3.58. The Bertz CT molecular complexity index is 1050.